The first-order valence-electron chi connectivity index (χ1n) is 7.82. The summed E-state index contributed by atoms with van der Waals surface area (Å²) in [4.78, 5) is 13.5. The van der Waals surface area contributed by atoms with Crippen LogP contribution >= 0.6 is 0 Å². The Morgan fingerprint density at radius 3 is 2.65 bits per heavy atom. The van der Waals surface area contributed by atoms with E-state index in [1.165, 1.54) is 6.08 Å². The van der Waals surface area contributed by atoms with E-state index in [2.05, 4.69) is 22.8 Å². The summed E-state index contributed by atoms with van der Waals surface area (Å²) in [6, 6.07) is 9.98. The molecule has 2 heterocycles. The molecule has 5 heteroatoms. The van der Waals surface area contributed by atoms with E-state index in [1.807, 2.05) is 29.2 Å². The average molecular weight is 311 g/mol. The molecule has 0 aliphatic carbocycles. The van der Waals surface area contributed by atoms with Crippen molar-refractivity contribution in [1.82, 2.24) is 15.1 Å². The van der Waals surface area contributed by atoms with E-state index >= 15 is 0 Å². The third-order valence-electron chi connectivity index (χ3n) is 4.40. The largest absolute Gasteiger partial charge is 0.497 e. The molecule has 1 amide bonds. The predicted octanol–water partition coefficient (Wildman–Crippen LogP) is 2.98. The SMILES string of the molecule is C=CC(=O)N1CCC(c2cc(-c3ccc(OC)cc3)n[nH]2)CC1. The zero-order valence-corrected chi connectivity index (χ0v) is 13.3. The monoisotopic (exact) mass is 311 g/mol. The number of piperidine rings is 1. The third-order valence-corrected chi connectivity index (χ3v) is 4.40. The van der Waals surface area contributed by atoms with E-state index in [9.17, 15) is 4.79 Å². The van der Waals surface area contributed by atoms with Crippen molar-refractivity contribution in [2.24, 2.45) is 0 Å². The number of nitrogens with zero attached hydrogens (tertiary/aromatic N) is 2. The van der Waals surface area contributed by atoms with Crippen LogP contribution in [-0.4, -0.2) is 41.2 Å². The van der Waals surface area contributed by atoms with Crippen molar-refractivity contribution in [1.29, 1.82) is 0 Å². The molecule has 1 aromatic carbocycles. The topological polar surface area (TPSA) is 58.2 Å². The fourth-order valence-electron chi connectivity index (χ4n) is 3.00. The van der Waals surface area contributed by atoms with Gasteiger partial charge in [-0.2, -0.15) is 5.10 Å². The molecular formula is C18H21N3O2. The Morgan fingerprint density at radius 2 is 2.04 bits per heavy atom. The molecule has 2 aromatic rings. The number of aromatic nitrogens is 2. The van der Waals surface area contributed by atoms with Gasteiger partial charge in [-0.25, -0.2) is 0 Å². The maximum Gasteiger partial charge on any atom is 0.245 e. The van der Waals surface area contributed by atoms with Crippen LogP contribution in [0.5, 0.6) is 5.75 Å². The van der Waals surface area contributed by atoms with Gasteiger partial charge in [0, 0.05) is 30.3 Å². The van der Waals surface area contributed by atoms with Crippen LogP contribution in [0.2, 0.25) is 0 Å². The Balaban J connectivity index is 1.67. The fourth-order valence-corrected chi connectivity index (χ4v) is 3.00. The lowest BCUT2D eigenvalue weighted by Gasteiger charge is -2.30. The summed E-state index contributed by atoms with van der Waals surface area (Å²) >= 11 is 0. The van der Waals surface area contributed by atoms with Gasteiger partial charge in [0.15, 0.2) is 0 Å². The van der Waals surface area contributed by atoms with Gasteiger partial charge >= 0.3 is 0 Å². The highest BCUT2D eigenvalue weighted by Crippen LogP contribution is 2.29. The van der Waals surface area contributed by atoms with Gasteiger partial charge in [-0.15, -0.1) is 0 Å². The summed E-state index contributed by atoms with van der Waals surface area (Å²) in [5.74, 6) is 1.28. The maximum atomic E-state index is 11.6. The second-order valence-electron chi connectivity index (χ2n) is 5.74. The molecule has 1 N–H and O–H groups in total. The van der Waals surface area contributed by atoms with Gasteiger partial charge in [-0.3, -0.25) is 9.89 Å². The number of H-pyrrole nitrogens is 1. The summed E-state index contributed by atoms with van der Waals surface area (Å²) in [6.45, 7) is 5.09. The minimum Gasteiger partial charge on any atom is -0.497 e. The molecule has 0 spiro atoms. The third kappa shape index (κ3) is 3.28. The van der Waals surface area contributed by atoms with E-state index in [-0.39, 0.29) is 5.91 Å². The van der Waals surface area contributed by atoms with Crippen molar-refractivity contribution < 1.29 is 9.53 Å². The average Bonchev–Trinajstić information content (AvgIpc) is 3.11. The molecule has 23 heavy (non-hydrogen) atoms. The number of hydrogen-bond acceptors (Lipinski definition) is 3. The highest BCUT2D eigenvalue weighted by atomic mass is 16.5. The van der Waals surface area contributed by atoms with Crippen molar-refractivity contribution in [3.63, 3.8) is 0 Å². The molecule has 1 aromatic heterocycles. The van der Waals surface area contributed by atoms with Gasteiger partial charge in [0.25, 0.3) is 0 Å². The van der Waals surface area contributed by atoms with Gasteiger partial charge in [-0.05, 0) is 49.2 Å². The molecule has 1 aliphatic rings. The van der Waals surface area contributed by atoms with Crippen molar-refractivity contribution >= 4 is 5.91 Å². The van der Waals surface area contributed by atoms with Gasteiger partial charge in [0.1, 0.15) is 5.75 Å². The van der Waals surface area contributed by atoms with Crippen molar-refractivity contribution in [3.8, 4) is 17.0 Å². The molecule has 0 atom stereocenters. The maximum absolute atomic E-state index is 11.6. The molecular weight excluding hydrogens is 290 g/mol. The van der Waals surface area contributed by atoms with E-state index < -0.39 is 0 Å². The van der Waals surface area contributed by atoms with Crippen LogP contribution in [0.25, 0.3) is 11.3 Å². The number of carbonyl (C=O) groups is 1. The first-order valence-corrected chi connectivity index (χ1v) is 7.82. The molecule has 5 nitrogen and oxygen atoms in total. The zero-order chi connectivity index (χ0) is 16.2. The van der Waals surface area contributed by atoms with Crippen LogP contribution < -0.4 is 4.74 Å². The number of hydrogen-bond donors (Lipinski definition) is 1. The minimum atomic E-state index is 0.0204. The van der Waals surface area contributed by atoms with E-state index in [0.717, 1.165) is 48.6 Å². The number of methoxy groups -OCH3 is 1. The number of ether oxygens (including phenoxy) is 1. The standard InChI is InChI=1S/C18H21N3O2/c1-3-18(22)21-10-8-14(9-11-21)17-12-16(19-20-17)13-4-6-15(23-2)7-5-13/h3-7,12,14H,1,8-11H2,2H3,(H,19,20). The van der Waals surface area contributed by atoms with Crippen LogP contribution in [0.1, 0.15) is 24.5 Å². The number of amides is 1. The highest BCUT2D eigenvalue weighted by Gasteiger charge is 2.24. The van der Waals surface area contributed by atoms with E-state index in [1.54, 1.807) is 7.11 Å². The van der Waals surface area contributed by atoms with Gasteiger partial charge in [-0.1, -0.05) is 6.58 Å². The molecule has 0 bridgehead atoms. The second kappa shape index (κ2) is 6.69. The summed E-state index contributed by atoms with van der Waals surface area (Å²) in [5, 5.41) is 7.58. The number of carbonyl (C=O) groups excluding carboxylic acids is 1. The van der Waals surface area contributed by atoms with E-state index in [4.69, 9.17) is 4.74 Å². The Bertz CT molecular complexity index is 683. The minimum absolute atomic E-state index is 0.0204. The molecule has 120 valence electrons. The number of rotatable bonds is 4. The first-order chi connectivity index (χ1) is 11.2. The summed E-state index contributed by atoms with van der Waals surface area (Å²) in [6.07, 6.45) is 3.28. The predicted molar refractivity (Wildman–Crippen MR) is 89.3 cm³/mol. The van der Waals surface area contributed by atoms with Crippen molar-refractivity contribution in [2.75, 3.05) is 20.2 Å². The molecule has 0 radical (unpaired) electrons. The highest BCUT2D eigenvalue weighted by molar-refractivity contribution is 5.87. The molecule has 0 unspecified atom stereocenters. The lowest BCUT2D eigenvalue weighted by Crippen LogP contribution is -2.36. The van der Waals surface area contributed by atoms with Crippen LogP contribution in [-0.2, 0) is 4.79 Å². The smallest absolute Gasteiger partial charge is 0.245 e. The quantitative estimate of drug-likeness (QED) is 0.883. The molecule has 1 saturated heterocycles. The Labute approximate surface area is 136 Å². The van der Waals surface area contributed by atoms with Crippen molar-refractivity contribution in [2.45, 2.75) is 18.8 Å². The normalized spacial score (nSPS) is 15.4. The first kappa shape index (κ1) is 15.3. The van der Waals surface area contributed by atoms with Crippen LogP contribution in [0.3, 0.4) is 0 Å². The van der Waals surface area contributed by atoms with Crippen molar-refractivity contribution in [3.05, 3.63) is 48.7 Å². The fraction of sp³-hybridized carbons (Fsp3) is 0.333. The molecule has 0 saturated carbocycles. The van der Waals surface area contributed by atoms with Gasteiger partial charge < -0.3 is 9.64 Å². The Kier molecular flexibility index (Phi) is 4.46. The molecule has 3 rings (SSSR count). The summed E-state index contributed by atoms with van der Waals surface area (Å²) in [5.41, 5.74) is 3.14. The lowest BCUT2D eigenvalue weighted by atomic mass is 9.93. The van der Waals surface area contributed by atoms with Gasteiger partial charge in [0.05, 0.1) is 12.8 Å². The van der Waals surface area contributed by atoms with E-state index in [0.29, 0.717) is 5.92 Å². The second-order valence-corrected chi connectivity index (χ2v) is 5.74. The number of aromatic amines is 1. The number of nitrogens with one attached hydrogen (secondary N) is 1. The van der Waals surface area contributed by atoms with Gasteiger partial charge in [0.2, 0.25) is 5.91 Å². The number of likely N-dealkylation sites (tertiary alicyclic amines) is 1. The lowest BCUT2D eigenvalue weighted by molar-refractivity contribution is -0.127. The molecule has 1 fully saturated rings. The van der Waals surface area contributed by atoms with Crippen LogP contribution in [0, 0.1) is 0 Å². The summed E-state index contributed by atoms with van der Waals surface area (Å²) in [7, 11) is 1.66. The Hall–Kier alpha value is -2.56. The zero-order valence-electron chi connectivity index (χ0n) is 13.3. The number of benzene rings is 1. The molecule has 1 aliphatic heterocycles. The van der Waals surface area contributed by atoms with Crippen LogP contribution in [0.4, 0.5) is 0 Å². The Morgan fingerprint density at radius 1 is 1.35 bits per heavy atom. The van der Waals surface area contributed by atoms with Crippen LogP contribution in [0.15, 0.2) is 43.0 Å². The summed E-state index contributed by atoms with van der Waals surface area (Å²) < 4.78 is 5.18.